The number of rotatable bonds is 0. The lowest BCUT2D eigenvalue weighted by molar-refractivity contribution is -1.29. The number of hydrogen-bond acceptors (Lipinski definition) is 0. The van der Waals surface area contributed by atoms with E-state index >= 15 is 0 Å². The lowest BCUT2D eigenvalue weighted by atomic mass is 8.19. The van der Waals surface area contributed by atoms with Gasteiger partial charge < -0.3 is 0 Å². The highest BCUT2D eigenvalue weighted by atomic mass is 15.9. The van der Waals surface area contributed by atoms with Gasteiger partial charge in [0.25, 0.3) is 0 Å². The molecule has 92 atom stereocenters. The van der Waals surface area contributed by atoms with Gasteiger partial charge in [0.05, 0.1) is 0 Å². The Morgan fingerprint density at radius 1 is 0.0938 bits per heavy atom. The Labute approximate surface area is 536 Å². The number of hydrogen-bond donors (Lipinski definition) is 0. The van der Waals surface area contributed by atoms with Crippen LogP contribution >= 0.6 is 0 Å². The van der Waals surface area contributed by atoms with Crippen molar-refractivity contribution in [3.05, 3.63) is 97.5 Å². The third-order valence-electron chi connectivity index (χ3n) is 91.0. The molecule has 0 radical (unpaired) electrons. The van der Waals surface area contributed by atoms with E-state index in [1.54, 1.807) is 0 Å². The highest BCUT2D eigenvalue weighted by Crippen LogP contribution is 3.92. The molecule has 77 rings (SSSR count). The van der Waals surface area contributed by atoms with E-state index in [1.807, 2.05) is 25.7 Å². The first kappa shape index (κ1) is 29.3. The smallest absolute Gasteiger partial charge is 0.0000127 e. The maximum atomic E-state index is 1.93. The second kappa shape index (κ2) is 3.97. The van der Waals surface area contributed by atoms with E-state index in [0.717, 1.165) is 173 Å². The first-order valence-electron chi connectivity index (χ1n) is 47.8. The molecule has 0 aromatic heterocycles. The fraction of sp³-hybridized carbons (Fsp3) is 1.00. The van der Waals surface area contributed by atoms with Crippen LogP contribution in [0.3, 0.4) is 0 Å². The van der Waals surface area contributed by atoms with E-state index in [9.17, 15) is 0 Å². The van der Waals surface area contributed by atoms with Crippen LogP contribution in [0.15, 0.2) is 0 Å². The quantitative estimate of drug-likeness (QED) is 0.247. The van der Waals surface area contributed by atoms with Crippen molar-refractivity contribution in [1.29, 1.82) is 0 Å². The van der Waals surface area contributed by atoms with Gasteiger partial charge in [-0.1, -0.05) is 0 Å². The van der Waals surface area contributed by atoms with Gasteiger partial charge in [0.15, 0.2) is 0 Å². The van der Waals surface area contributed by atoms with E-state index in [0.29, 0.717) is 0 Å². The van der Waals surface area contributed by atoms with Gasteiger partial charge in [-0.15, -0.1) is 0 Å². The Balaban J connectivity index is 0.625. The molecule has 60 spiro atoms. The molecular formula is C96H40. The fourth-order valence-corrected chi connectivity index (χ4v) is 121. The molecular weight excluding hydrogens is 1150 g/mol. The van der Waals surface area contributed by atoms with Crippen LogP contribution in [-0.2, 0) is 0 Å². The summed E-state index contributed by atoms with van der Waals surface area (Å²) < 4.78 is 0. The molecule has 0 nitrogen and oxygen atoms in total. The third-order valence-corrected chi connectivity index (χ3v) is 91.0. The van der Waals surface area contributed by atoms with E-state index < -0.39 is 0 Å². The molecule has 77 aliphatic rings. The standard InChI is InChI=1S/C96H40/c1-5-13-21-22-14-6-2-10-18-27-31-35-36-32-28-20-12-4-8-16-24-23-15-7-3-11-19-26-30-34-33-29-25-17-9(1)37(5)41(13)49(21)50(22)42(14)38(6,10)46(18)55(27)59(31)63(35)64(36)60(32)56(28)48(20)40(8,12)44(16)52(24)51(23)43(15)39(7,11)47(19)54(26)58(30)62(34)61(33)57(29)53(25)45(17,37)65(41)69(49)70(50)66(42,46)74(55)79(59)83(63)84(64)80(60)76(56)68(44,48)72(52)71(51)67(43,47)75(54)78(58)82(62)81(61)77(57)73(53,65)85(69)86(70,74)90(79)89(77,85)93(81)94(82)91(78)87(71,75)88(72,76)92(80,91)96(84,94)95(83,90)93/h5-36H,1-4H2/t5?,6?,7?,8?,9?,10?,11?,12?,13?,14?,15?,16?,17?,18?,19?,20?,21?,22?,23?,24?,25?,26?,27?,28?,29?,30?,31?,32?,33-,34?,35?,36?,37?,38?,39?,40?,41?,42?,43?,44?,45?,46?,47?,48?,49?,50?,51?,52?,53?,54?,55?,56?,57?,58?,59?,60?,61-,62?,63+,64?,65?,66?,67?,68?,69?,70?,71?,72?,73?,74?,75?,76?,77?,78?,79?,80?,81?,82?,83?,84?,85?,86?,87?,88?,89?,90?,91?,92?,93?,94?,95?,96?/m0/s1. The predicted octanol–water partition coefficient (Wildman–Crippen LogP) is 6.96. The molecule has 77 aliphatic carbocycles. The monoisotopic (exact) mass is 1190 g/mol. The Hall–Kier alpha value is 0. The zero-order valence-corrected chi connectivity index (χ0v) is 51.3. The Morgan fingerprint density at radius 2 is 0.198 bits per heavy atom. The topological polar surface area (TPSA) is 0 Å². The summed E-state index contributed by atoms with van der Waals surface area (Å²) in [4.78, 5) is 0. The summed E-state index contributed by atoms with van der Waals surface area (Å²) in [6.45, 7) is 0. The molecule has 77 saturated carbocycles. The summed E-state index contributed by atoms with van der Waals surface area (Å²) in [6, 6.07) is 0. The second-order valence-electron chi connectivity index (χ2n) is 65.3. The number of fused-ring (bicyclic) bond motifs is 28. The molecule has 0 bridgehead atoms. The van der Waals surface area contributed by atoms with E-state index in [4.69, 9.17) is 0 Å². The van der Waals surface area contributed by atoms with Crippen molar-refractivity contribution < 1.29 is 0 Å². The summed E-state index contributed by atoms with van der Waals surface area (Å²) in [6.07, 6.45) is 7.74. The van der Waals surface area contributed by atoms with E-state index in [1.165, 1.54) is 341 Å². The van der Waals surface area contributed by atoms with Crippen LogP contribution in [0.1, 0.15) is 25.7 Å². The van der Waals surface area contributed by atoms with Crippen molar-refractivity contribution in [2.75, 3.05) is 0 Å². The minimum Gasteiger partial charge on any atom is -0.0458 e. The van der Waals surface area contributed by atoms with Gasteiger partial charge in [-0.3, -0.25) is 0 Å². The summed E-state index contributed by atoms with van der Waals surface area (Å²) in [5.74, 6) is 46.5. The van der Waals surface area contributed by atoms with Crippen molar-refractivity contribution in [2.45, 2.75) is 25.7 Å². The summed E-state index contributed by atoms with van der Waals surface area (Å²) in [5, 5.41) is 0. The highest BCUT2D eigenvalue weighted by Gasteiger charge is 3.89. The van der Waals surface area contributed by atoms with Crippen molar-refractivity contribution in [2.24, 2.45) is 417 Å². The predicted molar refractivity (Wildman–Crippen MR) is 291 cm³/mol. The van der Waals surface area contributed by atoms with Crippen LogP contribution in [0.25, 0.3) is 0 Å². The average Bonchev–Trinajstić information content (AvgIpc) is 0.395. The van der Waals surface area contributed by atoms with Gasteiger partial charge in [0, 0.05) is 0 Å². The molecule has 96 heavy (non-hydrogen) atoms. The molecule has 77 fully saturated rings. The van der Waals surface area contributed by atoms with Crippen molar-refractivity contribution in [1.82, 2.24) is 0 Å². The maximum Gasteiger partial charge on any atom is -0.0000127 e. The van der Waals surface area contributed by atoms with Gasteiger partial charge in [0.2, 0.25) is 0 Å². The molecule has 424 valence electrons. The minimum absolute atomic E-state index is 1.12. The van der Waals surface area contributed by atoms with Crippen LogP contribution in [0.2, 0.25) is 0 Å². The molecule has 0 aromatic carbocycles. The average molecular weight is 1190 g/mol. The fourth-order valence-electron chi connectivity index (χ4n) is 121. The highest BCUT2D eigenvalue weighted by molar-refractivity contribution is 6.80. The normalized spacial score (nSPS) is 157. The zero-order chi connectivity index (χ0) is 51.3. The molecule has 0 N–H and O–H groups in total. The van der Waals surface area contributed by atoms with Crippen LogP contribution in [-0.4, -0.2) is 0 Å². The van der Waals surface area contributed by atoms with Gasteiger partial charge in [-0.05, 0) is 540 Å². The molecule has 0 amide bonds. The van der Waals surface area contributed by atoms with Crippen molar-refractivity contribution in [3.8, 4) is 0 Å². The summed E-state index contributed by atoms with van der Waals surface area (Å²) in [7, 11) is 0. The Morgan fingerprint density at radius 3 is 0.344 bits per heavy atom. The first-order valence-corrected chi connectivity index (χ1v) is 47.8. The Bertz CT molecular complexity index is 7200. The molecule has 0 aromatic rings. The summed E-state index contributed by atoms with van der Waals surface area (Å²) in [5.41, 5.74) is 69.5. The third kappa shape index (κ3) is 0.515. The maximum absolute atomic E-state index is 1.93. The molecule has 0 aliphatic heterocycles. The van der Waals surface area contributed by atoms with E-state index in [2.05, 4.69) is 0 Å². The lowest BCUT2D eigenvalue weighted by Crippen LogP contribution is -3.80. The first-order chi connectivity index (χ1) is 47.8. The second-order valence-corrected chi connectivity index (χ2v) is 65.3. The van der Waals surface area contributed by atoms with Crippen LogP contribution in [0.4, 0.5) is 0 Å². The molecule has 0 heteroatoms. The van der Waals surface area contributed by atoms with Crippen LogP contribution < -0.4 is 0 Å². The molecule has 0 saturated heterocycles. The van der Waals surface area contributed by atoms with Gasteiger partial charge in [-0.25, -0.2) is 0 Å². The van der Waals surface area contributed by atoms with Gasteiger partial charge in [0.1, 0.15) is 0 Å². The van der Waals surface area contributed by atoms with Gasteiger partial charge >= 0.3 is 0 Å². The largest absolute Gasteiger partial charge is 0.0458 e. The van der Waals surface area contributed by atoms with Crippen LogP contribution in [0, 0.1) is 514 Å². The van der Waals surface area contributed by atoms with E-state index in [-0.39, 0.29) is 0 Å². The molecule has 89 unspecified atom stereocenters. The SMILES string of the molecule is C1C2C3C4C5C6C7CC8C9C%10C%11C%12[C@@H]%13C%14C%15C%16C%17CC%18C%19C%20C%21C%22C%23CC%24C%25C%26C%27C%28C%29C%30C%31C%32C1C21C32C43C54C65C78C96C%107C%118C9%10C7%11C56C45C34C23C%321C%311C%302C67C13C41C5%11C93C61C14C35C36C9%11C%30%31C%32%33C%20(C%19%20C%18%17C%16%17C%15%16C%30(C%20%17%32)C9%15C%14%16[C@]%139C%128C%105C3%159)C%213C%225C%23%24C%258C%269C%10%12C58C3%33C%10%31C%113C16C15C%123C%279[C@@]%281C%292C745. The lowest BCUT2D eigenvalue weighted by Gasteiger charge is -3.82. The Kier molecular flexibility index (Phi) is 1.21. The summed E-state index contributed by atoms with van der Waals surface area (Å²) >= 11 is 0. The van der Waals surface area contributed by atoms with Crippen molar-refractivity contribution in [3.63, 3.8) is 0 Å². The molecule has 0 heterocycles. The zero-order valence-electron chi connectivity index (χ0n) is 51.3. The van der Waals surface area contributed by atoms with Gasteiger partial charge in [-0.2, -0.15) is 0 Å². The minimum atomic E-state index is 1.12. The van der Waals surface area contributed by atoms with Crippen LogP contribution in [0.5, 0.6) is 0 Å². The van der Waals surface area contributed by atoms with Crippen molar-refractivity contribution >= 4 is 0 Å².